The number of carbonyl (C=O) groups excluding carboxylic acids is 1. The summed E-state index contributed by atoms with van der Waals surface area (Å²) in [5, 5.41) is 0. The van der Waals surface area contributed by atoms with Crippen LogP contribution < -0.4 is 0 Å². The van der Waals surface area contributed by atoms with Crippen LogP contribution in [0.15, 0.2) is 60.9 Å². The first-order valence-electron chi connectivity index (χ1n) is 13.3. The van der Waals surface area contributed by atoms with Crippen LogP contribution in [0.5, 0.6) is 0 Å². The summed E-state index contributed by atoms with van der Waals surface area (Å²) in [7, 11) is 0. The van der Waals surface area contributed by atoms with Crippen LogP contribution in [0.25, 0.3) is 0 Å². The number of carbonyl (C=O) groups is 1. The first-order chi connectivity index (χ1) is 15.8. The molecule has 182 valence electrons. The van der Waals surface area contributed by atoms with Gasteiger partial charge in [0, 0.05) is 6.42 Å². The van der Waals surface area contributed by atoms with Gasteiger partial charge in [-0.1, -0.05) is 114 Å². The number of unbranched alkanes of at least 4 members (excludes halogenated alkanes) is 12. The summed E-state index contributed by atoms with van der Waals surface area (Å²) in [6.45, 7) is 4.48. The topological polar surface area (TPSA) is 26.3 Å². The standard InChI is InChI=1S/C30H50O2/c1-3-5-7-9-11-13-15-16-17-18-19-20-22-24-26-28-30(31)32-29-27-25-23-21-14-12-10-8-6-4-2/h11,13-14,16-17,21,23,25,27,29H,3-10,12,15,18-20,22,24,26,28H2,1-2H3. The molecule has 0 saturated carbocycles. The Labute approximate surface area is 199 Å². The van der Waals surface area contributed by atoms with Gasteiger partial charge in [-0.2, -0.15) is 0 Å². The number of ether oxygens (including phenoxy) is 1. The Morgan fingerprint density at radius 1 is 0.562 bits per heavy atom. The van der Waals surface area contributed by atoms with E-state index in [4.69, 9.17) is 4.74 Å². The predicted molar refractivity (Wildman–Crippen MR) is 142 cm³/mol. The van der Waals surface area contributed by atoms with E-state index in [0.717, 1.165) is 32.1 Å². The highest BCUT2D eigenvalue weighted by Gasteiger charge is 2.00. The zero-order valence-corrected chi connectivity index (χ0v) is 21.1. The fourth-order valence-electron chi connectivity index (χ4n) is 3.29. The SMILES string of the molecule is CCCCCC=CCC=CCCCCCCCC(=O)OC=CC=CC=CCCCCCC. The average Bonchev–Trinajstić information content (AvgIpc) is 2.80. The molecule has 0 aromatic rings. The number of hydrogen-bond donors (Lipinski definition) is 0. The highest BCUT2D eigenvalue weighted by atomic mass is 16.5. The predicted octanol–water partition coefficient (Wildman–Crippen LogP) is 9.94. The van der Waals surface area contributed by atoms with Crippen LogP contribution in [0.3, 0.4) is 0 Å². The lowest BCUT2D eigenvalue weighted by molar-refractivity contribution is -0.138. The third-order valence-corrected chi connectivity index (χ3v) is 5.30. The summed E-state index contributed by atoms with van der Waals surface area (Å²) in [6, 6.07) is 0. The molecule has 0 aliphatic heterocycles. The molecular weight excluding hydrogens is 392 g/mol. The lowest BCUT2D eigenvalue weighted by Crippen LogP contribution is -1.98. The van der Waals surface area contributed by atoms with Crippen LogP contribution in [0.2, 0.25) is 0 Å². The lowest BCUT2D eigenvalue weighted by atomic mass is 10.1. The Morgan fingerprint density at radius 3 is 1.81 bits per heavy atom. The molecule has 0 fully saturated rings. The van der Waals surface area contributed by atoms with Crippen molar-refractivity contribution < 1.29 is 9.53 Å². The molecule has 0 saturated heterocycles. The van der Waals surface area contributed by atoms with Crippen molar-refractivity contribution >= 4 is 5.97 Å². The van der Waals surface area contributed by atoms with Crippen molar-refractivity contribution in [2.75, 3.05) is 0 Å². The second-order valence-corrected chi connectivity index (χ2v) is 8.46. The fourth-order valence-corrected chi connectivity index (χ4v) is 3.29. The molecule has 2 heteroatoms. The quantitative estimate of drug-likeness (QED) is 0.0548. The molecule has 0 bridgehead atoms. The number of allylic oxidation sites excluding steroid dienone is 9. The van der Waals surface area contributed by atoms with Gasteiger partial charge in [-0.3, -0.25) is 4.79 Å². The van der Waals surface area contributed by atoms with Gasteiger partial charge < -0.3 is 4.74 Å². The van der Waals surface area contributed by atoms with Gasteiger partial charge in [0.25, 0.3) is 0 Å². The molecule has 0 aliphatic rings. The number of rotatable bonds is 22. The first-order valence-corrected chi connectivity index (χ1v) is 13.3. The van der Waals surface area contributed by atoms with Gasteiger partial charge in [-0.25, -0.2) is 0 Å². The Morgan fingerprint density at radius 2 is 1.09 bits per heavy atom. The number of hydrogen-bond acceptors (Lipinski definition) is 2. The van der Waals surface area contributed by atoms with Crippen LogP contribution in [0.1, 0.15) is 123 Å². The zero-order valence-electron chi connectivity index (χ0n) is 21.1. The maximum Gasteiger partial charge on any atom is 0.310 e. The Kier molecular flexibility index (Phi) is 25.6. The Bertz CT molecular complexity index is 537. The van der Waals surface area contributed by atoms with E-state index < -0.39 is 0 Å². The molecule has 0 atom stereocenters. The van der Waals surface area contributed by atoms with Gasteiger partial charge in [0.15, 0.2) is 0 Å². The molecule has 0 spiro atoms. The van der Waals surface area contributed by atoms with Gasteiger partial charge in [0.2, 0.25) is 0 Å². The molecule has 0 heterocycles. The van der Waals surface area contributed by atoms with Crippen LogP contribution in [-0.4, -0.2) is 5.97 Å². The molecule has 0 aromatic carbocycles. The van der Waals surface area contributed by atoms with E-state index in [1.54, 1.807) is 6.08 Å². The van der Waals surface area contributed by atoms with Crippen molar-refractivity contribution in [3.05, 3.63) is 60.9 Å². The molecular formula is C30H50O2. The summed E-state index contributed by atoms with van der Waals surface area (Å²) in [6.07, 6.45) is 40.5. The third-order valence-electron chi connectivity index (χ3n) is 5.30. The lowest BCUT2D eigenvalue weighted by Gasteiger charge is -2.00. The molecule has 2 nitrogen and oxygen atoms in total. The maximum atomic E-state index is 11.7. The summed E-state index contributed by atoms with van der Waals surface area (Å²) >= 11 is 0. The zero-order chi connectivity index (χ0) is 23.4. The van der Waals surface area contributed by atoms with Crippen LogP contribution in [-0.2, 0) is 9.53 Å². The normalized spacial score (nSPS) is 12.4. The minimum atomic E-state index is -0.133. The third kappa shape index (κ3) is 26.2. The molecule has 0 radical (unpaired) electrons. The van der Waals surface area contributed by atoms with Crippen LogP contribution in [0, 0.1) is 0 Å². The van der Waals surface area contributed by atoms with Gasteiger partial charge >= 0.3 is 5.97 Å². The number of esters is 1. The van der Waals surface area contributed by atoms with E-state index >= 15 is 0 Å². The smallest absolute Gasteiger partial charge is 0.310 e. The monoisotopic (exact) mass is 442 g/mol. The van der Waals surface area contributed by atoms with Crippen molar-refractivity contribution in [3.8, 4) is 0 Å². The molecule has 0 unspecified atom stereocenters. The minimum Gasteiger partial charge on any atom is -0.434 e. The largest absolute Gasteiger partial charge is 0.434 e. The van der Waals surface area contributed by atoms with Crippen LogP contribution in [0.4, 0.5) is 0 Å². The minimum absolute atomic E-state index is 0.133. The van der Waals surface area contributed by atoms with E-state index in [2.05, 4.69) is 50.3 Å². The summed E-state index contributed by atoms with van der Waals surface area (Å²) in [5.41, 5.74) is 0. The van der Waals surface area contributed by atoms with Crippen molar-refractivity contribution in [1.29, 1.82) is 0 Å². The van der Waals surface area contributed by atoms with Crippen molar-refractivity contribution in [2.24, 2.45) is 0 Å². The molecule has 0 aromatic heterocycles. The summed E-state index contributed by atoms with van der Waals surface area (Å²) in [4.78, 5) is 11.7. The summed E-state index contributed by atoms with van der Waals surface area (Å²) < 4.78 is 5.12. The van der Waals surface area contributed by atoms with Crippen molar-refractivity contribution in [3.63, 3.8) is 0 Å². The highest BCUT2D eigenvalue weighted by Crippen LogP contribution is 2.09. The van der Waals surface area contributed by atoms with Crippen molar-refractivity contribution in [2.45, 2.75) is 123 Å². The molecule has 0 rings (SSSR count). The van der Waals surface area contributed by atoms with Gasteiger partial charge in [0.05, 0.1) is 6.26 Å². The Balaban J connectivity index is 3.45. The molecule has 0 amide bonds. The van der Waals surface area contributed by atoms with E-state index in [-0.39, 0.29) is 5.97 Å². The van der Waals surface area contributed by atoms with E-state index in [1.165, 1.54) is 76.9 Å². The van der Waals surface area contributed by atoms with Gasteiger partial charge in [-0.05, 0) is 57.4 Å². The second-order valence-electron chi connectivity index (χ2n) is 8.46. The highest BCUT2D eigenvalue weighted by molar-refractivity contribution is 5.69. The summed E-state index contributed by atoms with van der Waals surface area (Å²) in [5.74, 6) is -0.133. The molecule has 32 heavy (non-hydrogen) atoms. The van der Waals surface area contributed by atoms with Gasteiger partial charge in [-0.15, -0.1) is 0 Å². The maximum absolute atomic E-state index is 11.7. The first kappa shape index (κ1) is 30.2. The molecule has 0 aliphatic carbocycles. The van der Waals surface area contributed by atoms with E-state index in [9.17, 15) is 4.79 Å². The van der Waals surface area contributed by atoms with Crippen molar-refractivity contribution in [1.82, 2.24) is 0 Å². The van der Waals surface area contributed by atoms with E-state index in [0.29, 0.717) is 6.42 Å². The Hall–Kier alpha value is -1.83. The fraction of sp³-hybridized carbons (Fsp3) is 0.633. The van der Waals surface area contributed by atoms with Crippen LogP contribution >= 0.6 is 0 Å². The molecule has 0 N–H and O–H groups in total. The van der Waals surface area contributed by atoms with E-state index in [1.807, 2.05) is 12.2 Å². The van der Waals surface area contributed by atoms with Gasteiger partial charge in [0.1, 0.15) is 0 Å². The second kappa shape index (κ2) is 27.2. The average molecular weight is 443 g/mol.